The van der Waals surface area contributed by atoms with Gasteiger partial charge in [0.05, 0.1) is 5.75 Å². The third kappa shape index (κ3) is 1.66. The van der Waals surface area contributed by atoms with Crippen LogP contribution >= 0.6 is 11.8 Å². The second kappa shape index (κ2) is 3.90. The molecule has 0 atom stereocenters. The molecule has 2 aliphatic rings. The molecular formula is C9H15N3OS. The van der Waals surface area contributed by atoms with Crippen LogP contribution in [-0.2, 0) is 4.79 Å². The summed E-state index contributed by atoms with van der Waals surface area (Å²) in [7, 11) is 0. The topological polar surface area (TPSA) is 53.5 Å². The normalized spacial score (nSPS) is 24.9. The Morgan fingerprint density at radius 2 is 2.21 bits per heavy atom. The van der Waals surface area contributed by atoms with Gasteiger partial charge >= 0.3 is 0 Å². The van der Waals surface area contributed by atoms with Crippen LogP contribution in [0.1, 0.15) is 12.8 Å². The van der Waals surface area contributed by atoms with E-state index in [0.717, 1.165) is 37.5 Å². The maximum atomic E-state index is 11.8. The number of piperidine rings is 1. The van der Waals surface area contributed by atoms with Gasteiger partial charge in [-0.3, -0.25) is 9.79 Å². The van der Waals surface area contributed by atoms with Crippen molar-refractivity contribution in [2.24, 2.45) is 4.99 Å². The van der Waals surface area contributed by atoms with Gasteiger partial charge in [0.2, 0.25) is 0 Å². The molecule has 5 heteroatoms. The number of nitrogens with zero attached hydrogens (tertiary/aromatic N) is 1. The SMILES string of the molecule is CSCC1=NC2(CCNCC2)C(=O)N1. The molecule has 4 nitrogen and oxygen atoms in total. The van der Waals surface area contributed by atoms with Crippen molar-refractivity contribution in [1.82, 2.24) is 10.6 Å². The third-order valence-corrected chi connectivity index (χ3v) is 3.30. The molecule has 0 aromatic rings. The van der Waals surface area contributed by atoms with Crippen LogP contribution in [0.4, 0.5) is 0 Å². The smallest absolute Gasteiger partial charge is 0.253 e. The van der Waals surface area contributed by atoms with E-state index in [1.807, 2.05) is 6.26 Å². The van der Waals surface area contributed by atoms with Crippen molar-refractivity contribution in [2.75, 3.05) is 25.1 Å². The fourth-order valence-corrected chi connectivity index (χ4v) is 2.38. The molecule has 0 aliphatic carbocycles. The number of aliphatic imine (C=N–C) groups is 1. The number of hydrogen-bond acceptors (Lipinski definition) is 4. The van der Waals surface area contributed by atoms with Crippen molar-refractivity contribution in [3.8, 4) is 0 Å². The van der Waals surface area contributed by atoms with E-state index in [0.29, 0.717) is 0 Å². The highest BCUT2D eigenvalue weighted by Crippen LogP contribution is 2.27. The highest BCUT2D eigenvalue weighted by molar-refractivity contribution is 7.99. The zero-order chi connectivity index (χ0) is 10.0. The zero-order valence-corrected chi connectivity index (χ0v) is 9.12. The number of amidine groups is 1. The van der Waals surface area contributed by atoms with Gasteiger partial charge in [-0.05, 0) is 32.2 Å². The average molecular weight is 213 g/mol. The van der Waals surface area contributed by atoms with E-state index in [9.17, 15) is 4.79 Å². The molecular weight excluding hydrogens is 198 g/mol. The predicted molar refractivity (Wildman–Crippen MR) is 58.8 cm³/mol. The molecule has 1 spiro atoms. The number of rotatable bonds is 2. The van der Waals surface area contributed by atoms with Crippen LogP contribution in [-0.4, -0.2) is 42.4 Å². The second-order valence-corrected chi connectivity index (χ2v) is 4.59. The Kier molecular flexibility index (Phi) is 2.78. The number of nitrogens with one attached hydrogen (secondary N) is 2. The lowest BCUT2D eigenvalue weighted by Crippen LogP contribution is -2.47. The average Bonchev–Trinajstić information content (AvgIpc) is 2.45. The van der Waals surface area contributed by atoms with Crippen molar-refractivity contribution in [3.63, 3.8) is 0 Å². The molecule has 0 aromatic carbocycles. The van der Waals surface area contributed by atoms with Crippen LogP contribution in [0, 0.1) is 0 Å². The largest absolute Gasteiger partial charge is 0.317 e. The number of amides is 1. The predicted octanol–water partition coefficient (Wildman–Crippen LogP) is -0.0001000. The number of carbonyl (C=O) groups excluding carboxylic acids is 1. The Labute approximate surface area is 87.9 Å². The molecule has 14 heavy (non-hydrogen) atoms. The summed E-state index contributed by atoms with van der Waals surface area (Å²) >= 11 is 1.69. The first-order valence-corrected chi connectivity index (χ1v) is 6.26. The van der Waals surface area contributed by atoms with Crippen molar-refractivity contribution in [2.45, 2.75) is 18.4 Å². The van der Waals surface area contributed by atoms with Gasteiger partial charge in [-0.2, -0.15) is 11.8 Å². The fraction of sp³-hybridized carbons (Fsp3) is 0.778. The summed E-state index contributed by atoms with van der Waals surface area (Å²) in [5.41, 5.74) is -0.434. The molecule has 1 amide bonds. The van der Waals surface area contributed by atoms with Gasteiger partial charge in [0.25, 0.3) is 5.91 Å². The quantitative estimate of drug-likeness (QED) is 0.679. The van der Waals surface area contributed by atoms with Gasteiger partial charge in [0.1, 0.15) is 11.4 Å². The Morgan fingerprint density at radius 3 is 2.86 bits per heavy atom. The summed E-state index contributed by atoms with van der Waals surface area (Å²) in [6, 6.07) is 0. The highest BCUT2D eigenvalue weighted by Gasteiger charge is 2.43. The summed E-state index contributed by atoms with van der Waals surface area (Å²) in [6.07, 6.45) is 3.68. The Hall–Kier alpha value is -0.550. The summed E-state index contributed by atoms with van der Waals surface area (Å²) in [5.74, 6) is 1.76. The molecule has 0 aromatic heterocycles. The molecule has 0 unspecified atom stereocenters. The van der Waals surface area contributed by atoms with E-state index in [4.69, 9.17) is 0 Å². The molecule has 0 saturated carbocycles. The fourth-order valence-electron chi connectivity index (χ4n) is 1.97. The molecule has 2 N–H and O–H groups in total. The van der Waals surface area contributed by atoms with Gasteiger partial charge in [-0.25, -0.2) is 0 Å². The molecule has 78 valence electrons. The number of thioether (sulfide) groups is 1. The van der Waals surface area contributed by atoms with Gasteiger partial charge in [-0.1, -0.05) is 0 Å². The van der Waals surface area contributed by atoms with E-state index >= 15 is 0 Å². The first kappa shape index (κ1) is 9.98. The van der Waals surface area contributed by atoms with E-state index in [1.54, 1.807) is 11.8 Å². The summed E-state index contributed by atoms with van der Waals surface area (Å²) in [6.45, 7) is 1.78. The van der Waals surface area contributed by atoms with Crippen molar-refractivity contribution in [3.05, 3.63) is 0 Å². The molecule has 2 rings (SSSR count). The minimum atomic E-state index is -0.434. The Balaban J connectivity index is 2.13. The minimum Gasteiger partial charge on any atom is -0.317 e. The van der Waals surface area contributed by atoms with Crippen LogP contribution in [0.15, 0.2) is 4.99 Å². The molecule has 2 heterocycles. The summed E-state index contributed by atoms with van der Waals surface area (Å²) in [5, 5.41) is 6.13. The number of hydrogen-bond donors (Lipinski definition) is 2. The molecule has 1 saturated heterocycles. The van der Waals surface area contributed by atoms with Crippen molar-refractivity contribution >= 4 is 23.5 Å². The molecule has 1 fully saturated rings. The van der Waals surface area contributed by atoms with Crippen LogP contribution in [0.5, 0.6) is 0 Å². The second-order valence-electron chi connectivity index (χ2n) is 3.73. The van der Waals surface area contributed by atoms with E-state index in [1.165, 1.54) is 0 Å². The lowest BCUT2D eigenvalue weighted by atomic mass is 9.89. The standard InChI is InChI=1S/C9H15N3OS/c1-14-6-7-11-8(13)9(12-7)2-4-10-5-3-9/h10H,2-6H2,1H3,(H,11,12,13). The lowest BCUT2D eigenvalue weighted by molar-refractivity contribution is -0.124. The first-order chi connectivity index (χ1) is 6.77. The van der Waals surface area contributed by atoms with Crippen LogP contribution in [0.25, 0.3) is 0 Å². The van der Waals surface area contributed by atoms with Gasteiger partial charge in [0, 0.05) is 0 Å². The molecule has 0 bridgehead atoms. The van der Waals surface area contributed by atoms with Gasteiger partial charge in [0.15, 0.2) is 0 Å². The Bertz CT molecular complexity index is 271. The maximum Gasteiger partial charge on any atom is 0.253 e. The third-order valence-electron chi connectivity index (χ3n) is 2.74. The number of carbonyl (C=O) groups is 1. The van der Waals surface area contributed by atoms with Gasteiger partial charge in [-0.15, -0.1) is 0 Å². The van der Waals surface area contributed by atoms with Crippen LogP contribution in [0.3, 0.4) is 0 Å². The molecule has 0 radical (unpaired) electrons. The van der Waals surface area contributed by atoms with E-state index in [2.05, 4.69) is 15.6 Å². The summed E-state index contributed by atoms with van der Waals surface area (Å²) < 4.78 is 0. The van der Waals surface area contributed by atoms with Gasteiger partial charge < -0.3 is 10.6 Å². The lowest BCUT2D eigenvalue weighted by Gasteiger charge is -2.28. The monoisotopic (exact) mass is 213 g/mol. The maximum absolute atomic E-state index is 11.8. The summed E-state index contributed by atoms with van der Waals surface area (Å²) in [4.78, 5) is 16.3. The van der Waals surface area contributed by atoms with Crippen molar-refractivity contribution in [1.29, 1.82) is 0 Å². The Morgan fingerprint density at radius 1 is 1.50 bits per heavy atom. The van der Waals surface area contributed by atoms with E-state index in [-0.39, 0.29) is 5.91 Å². The highest BCUT2D eigenvalue weighted by atomic mass is 32.2. The van der Waals surface area contributed by atoms with Crippen molar-refractivity contribution < 1.29 is 4.79 Å². The van der Waals surface area contributed by atoms with E-state index < -0.39 is 5.54 Å². The van der Waals surface area contributed by atoms with Crippen LogP contribution < -0.4 is 10.6 Å². The minimum absolute atomic E-state index is 0.100. The first-order valence-electron chi connectivity index (χ1n) is 4.87. The molecule has 2 aliphatic heterocycles. The van der Waals surface area contributed by atoms with Crippen LogP contribution in [0.2, 0.25) is 0 Å². The zero-order valence-electron chi connectivity index (χ0n) is 8.30.